The summed E-state index contributed by atoms with van der Waals surface area (Å²) in [5, 5.41) is 0. The Hall–Kier alpha value is -1.39. The zero-order chi connectivity index (χ0) is 10.5. The van der Waals surface area contributed by atoms with E-state index in [2.05, 4.69) is 4.98 Å². The van der Waals surface area contributed by atoms with Gasteiger partial charge in [0.05, 0.1) is 10.4 Å². The molecule has 0 fully saturated rings. The van der Waals surface area contributed by atoms with Crippen molar-refractivity contribution in [3.8, 4) is 5.75 Å². The number of rotatable bonds is 4. The second-order valence-corrected chi connectivity index (χ2v) is 4.04. The van der Waals surface area contributed by atoms with Gasteiger partial charge < -0.3 is 10.5 Å². The second kappa shape index (κ2) is 4.91. The third-order valence-corrected chi connectivity index (χ3v) is 2.80. The summed E-state index contributed by atoms with van der Waals surface area (Å²) >= 11 is 1.59. The predicted octanol–water partition coefficient (Wildman–Crippen LogP) is 2.18. The molecule has 78 valence electrons. The van der Waals surface area contributed by atoms with E-state index in [4.69, 9.17) is 10.5 Å². The third-order valence-electron chi connectivity index (χ3n) is 2.05. The lowest BCUT2D eigenvalue weighted by Gasteiger charge is -2.08. The third kappa shape index (κ3) is 2.55. The molecular formula is C11H12N2OS. The summed E-state index contributed by atoms with van der Waals surface area (Å²) in [6.07, 6.45) is 1.82. The molecule has 4 heteroatoms. The number of aromatic nitrogens is 1. The molecule has 15 heavy (non-hydrogen) atoms. The van der Waals surface area contributed by atoms with E-state index in [0.29, 0.717) is 13.2 Å². The van der Waals surface area contributed by atoms with Gasteiger partial charge in [0.2, 0.25) is 0 Å². The number of ether oxygens (including phenoxy) is 1. The molecule has 0 saturated carbocycles. The Morgan fingerprint density at radius 1 is 1.33 bits per heavy atom. The highest BCUT2D eigenvalue weighted by molar-refractivity contribution is 7.09. The van der Waals surface area contributed by atoms with E-state index < -0.39 is 0 Å². The largest absolute Gasteiger partial charge is 0.488 e. The van der Waals surface area contributed by atoms with E-state index in [-0.39, 0.29) is 0 Å². The van der Waals surface area contributed by atoms with Gasteiger partial charge in [0.15, 0.2) is 0 Å². The lowest BCUT2D eigenvalue weighted by Crippen LogP contribution is -2.01. The van der Waals surface area contributed by atoms with E-state index in [1.807, 2.05) is 30.5 Å². The van der Waals surface area contributed by atoms with Crippen LogP contribution in [-0.4, -0.2) is 4.98 Å². The Morgan fingerprint density at radius 2 is 2.20 bits per heavy atom. The molecule has 2 N–H and O–H groups in total. The average Bonchev–Trinajstić information content (AvgIpc) is 2.79. The molecule has 0 bridgehead atoms. The maximum Gasteiger partial charge on any atom is 0.124 e. The molecule has 1 aromatic heterocycles. The van der Waals surface area contributed by atoms with Crippen LogP contribution in [0.3, 0.4) is 0 Å². The minimum atomic E-state index is 0.499. The number of hydrogen-bond donors (Lipinski definition) is 1. The highest BCUT2D eigenvalue weighted by Crippen LogP contribution is 2.19. The second-order valence-electron chi connectivity index (χ2n) is 3.07. The minimum absolute atomic E-state index is 0.499. The van der Waals surface area contributed by atoms with E-state index in [9.17, 15) is 0 Å². The molecule has 0 atom stereocenters. The maximum atomic E-state index is 5.66. The Labute approximate surface area is 92.5 Å². The molecule has 0 spiro atoms. The van der Waals surface area contributed by atoms with Crippen molar-refractivity contribution in [1.82, 2.24) is 4.98 Å². The first-order chi connectivity index (χ1) is 7.40. The number of thiazole rings is 1. The summed E-state index contributed by atoms with van der Waals surface area (Å²) in [5.74, 6) is 0.855. The van der Waals surface area contributed by atoms with Gasteiger partial charge in [-0.1, -0.05) is 18.2 Å². The Kier molecular flexibility index (Phi) is 3.32. The van der Waals surface area contributed by atoms with E-state index in [1.165, 1.54) is 0 Å². The summed E-state index contributed by atoms with van der Waals surface area (Å²) in [7, 11) is 0. The molecular weight excluding hydrogens is 208 g/mol. The quantitative estimate of drug-likeness (QED) is 0.859. The van der Waals surface area contributed by atoms with Crippen LogP contribution in [0.2, 0.25) is 0 Å². The van der Waals surface area contributed by atoms with Crippen LogP contribution in [0.15, 0.2) is 36.0 Å². The monoisotopic (exact) mass is 220 g/mol. The number of benzene rings is 1. The van der Waals surface area contributed by atoms with Crippen LogP contribution in [0.5, 0.6) is 5.75 Å². The van der Waals surface area contributed by atoms with Gasteiger partial charge in [0.25, 0.3) is 0 Å². The van der Waals surface area contributed by atoms with Crippen molar-refractivity contribution in [3.63, 3.8) is 0 Å². The van der Waals surface area contributed by atoms with Gasteiger partial charge >= 0.3 is 0 Å². The highest BCUT2D eigenvalue weighted by Gasteiger charge is 2.01. The first kappa shape index (κ1) is 10.1. The zero-order valence-corrected chi connectivity index (χ0v) is 9.04. The summed E-state index contributed by atoms with van der Waals surface area (Å²) in [6.45, 7) is 1.06. The van der Waals surface area contributed by atoms with Crippen LogP contribution in [0, 0.1) is 0 Å². The number of para-hydroxylation sites is 1. The van der Waals surface area contributed by atoms with Crippen LogP contribution in [0.1, 0.15) is 10.4 Å². The number of nitrogens with two attached hydrogens (primary N) is 1. The molecule has 0 radical (unpaired) electrons. The van der Waals surface area contributed by atoms with Crippen LogP contribution in [-0.2, 0) is 13.2 Å². The summed E-state index contributed by atoms with van der Waals surface area (Å²) in [4.78, 5) is 5.10. The minimum Gasteiger partial charge on any atom is -0.488 e. The summed E-state index contributed by atoms with van der Waals surface area (Å²) in [5.41, 5.74) is 8.44. The van der Waals surface area contributed by atoms with Gasteiger partial charge in [0.1, 0.15) is 12.4 Å². The lowest BCUT2D eigenvalue weighted by molar-refractivity contribution is 0.306. The molecule has 0 aliphatic rings. The Bertz CT molecular complexity index is 414. The highest BCUT2D eigenvalue weighted by atomic mass is 32.1. The van der Waals surface area contributed by atoms with Crippen LogP contribution in [0.25, 0.3) is 0 Å². The summed E-state index contributed by atoms with van der Waals surface area (Å²) < 4.78 is 5.66. The molecule has 1 aromatic carbocycles. The van der Waals surface area contributed by atoms with Gasteiger partial charge in [-0.05, 0) is 6.07 Å². The first-order valence-corrected chi connectivity index (χ1v) is 5.56. The van der Waals surface area contributed by atoms with Crippen molar-refractivity contribution in [2.75, 3.05) is 0 Å². The molecule has 0 aliphatic carbocycles. The Balaban J connectivity index is 2.04. The average molecular weight is 220 g/mol. The first-order valence-electron chi connectivity index (χ1n) is 4.68. The SMILES string of the molecule is NCc1ccccc1OCc1cncs1. The molecule has 2 rings (SSSR count). The molecule has 0 unspecified atom stereocenters. The number of hydrogen-bond acceptors (Lipinski definition) is 4. The van der Waals surface area contributed by atoms with Crippen molar-refractivity contribution in [3.05, 3.63) is 46.4 Å². The molecule has 1 heterocycles. The molecule has 3 nitrogen and oxygen atoms in total. The lowest BCUT2D eigenvalue weighted by atomic mass is 10.2. The topological polar surface area (TPSA) is 48.1 Å². The van der Waals surface area contributed by atoms with Crippen molar-refractivity contribution >= 4 is 11.3 Å². The predicted molar refractivity (Wildman–Crippen MR) is 60.8 cm³/mol. The fourth-order valence-corrected chi connectivity index (χ4v) is 1.78. The molecule has 0 aliphatic heterocycles. The normalized spacial score (nSPS) is 10.2. The smallest absolute Gasteiger partial charge is 0.124 e. The van der Waals surface area contributed by atoms with Gasteiger partial charge in [-0.15, -0.1) is 11.3 Å². The maximum absolute atomic E-state index is 5.66. The number of nitrogens with zero attached hydrogens (tertiary/aromatic N) is 1. The van der Waals surface area contributed by atoms with Gasteiger partial charge in [0, 0.05) is 18.3 Å². The Morgan fingerprint density at radius 3 is 2.93 bits per heavy atom. The van der Waals surface area contributed by atoms with Gasteiger partial charge in [-0.25, -0.2) is 0 Å². The molecule has 0 amide bonds. The van der Waals surface area contributed by atoms with Crippen molar-refractivity contribution < 1.29 is 4.74 Å². The molecule has 2 aromatic rings. The standard InChI is InChI=1S/C11H12N2OS/c12-5-9-3-1-2-4-11(9)14-7-10-6-13-8-15-10/h1-4,6,8H,5,7,12H2. The van der Waals surface area contributed by atoms with Crippen molar-refractivity contribution in [1.29, 1.82) is 0 Å². The fourth-order valence-electron chi connectivity index (χ4n) is 1.28. The van der Waals surface area contributed by atoms with Crippen LogP contribution >= 0.6 is 11.3 Å². The van der Waals surface area contributed by atoms with Crippen molar-refractivity contribution in [2.45, 2.75) is 13.2 Å². The van der Waals surface area contributed by atoms with Crippen LogP contribution < -0.4 is 10.5 Å². The van der Waals surface area contributed by atoms with Gasteiger partial charge in [-0.2, -0.15) is 0 Å². The van der Waals surface area contributed by atoms with Gasteiger partial charge in [-0.3, -0.25) is 4.98 Å². The van der Waals surface area contributed by atoms with E-state index in [1.54, 1.807) is 16.8 Å². The fraction of sp³-hybridized carbons (Fsp3) is 0.182. The zero-order valence-electron chi connectivity index (χ0n) is 8.22. The molecule has 0 saturated heterocycles. The summed E-state index contributed by atoms with van der Waals surface area (Å²) in [6, 6.07) is 7.81. The van der Waals surface area contributed by atoms with E-state index in [0.717, 1.165) is 16.2 Å². The van der Waals surface area contributed by atoms with Crippen molar-refractivity contribution in [2.24, 2.45) is 5.73 Å². The van der Waals surface area contributed by atoms with E-state index >= 15 is 0 Å². The van der Waals surface area contributed by atoms with Crippen LogP contribution in [0.4, 0.5) is 0 Å².